The molecule has 0 aliphatic carbocycles. The SMILES string of the molecule is CN1CCC(OC(c2cccc(OC/C=C/CO)c2)c2nc3ccccc3s2)CC1. The molecule has 6 heteroatoms. The van der Waals surface area contributed by atoms with Gasteiger partial charge in [-0.25, -0.2) is 4.98 Å². The van der Waals surface area contributed by atoms with E-state index in [4.69, 9.17) is 19.6 Å². The van der Waals surface area contributed by atoms with Crippen molar-refractivity contribution in [2.24, 2.45) is 0 Å². The molecule has 158 valence electrons. The standard InChI is InChI=1S/C24H28N2O3S/c1-26-13-11-19(12-14-26)29-23(24-25-21-9-2-3-10-22(21)30-24)18-7-6-8-20(17-18)28-16-5-4-15-27/h2-10,17,19,23,27H,11-16H2,1H3/b5-4+. The van der Waals surface area contributed by atoms with E-state index in [1.54, 1.807) is 17.4 Å². The summed E-state index contributed by atoms with van der Waals surface area (Å²) in [5.41, 5.74) is 2.06. The lowest BCUT2D eigenvalue weighted by molar-refractivity contribution is -0.0235. The predicted molar refractivity (Wildman–Crippen MR) is 121 cm³/mol. The Morgan fingerprint density at radius 3 is 2.80 bits per heavy atom. The number of hydrogen-bond donors (Lipinski definition) is 1. The number of aliphatic hydroxyl groups is 1. The largest absolute Gasteiger partial charge is 0.490 e. The van der Waals surface area contributed by atoms with Gasteiger partial charge < -0.3 is 19.5 Å². The Hall–Kier alpha value is -2.25. The third kappa shape index (κ3) is 5.26. The van der Waals surface area contributed by atoms with Crippen LogP contribution >= 0.6 is 11.3 Å². The van der Waals surface area contributed by atoms with E-state index in [0.29, 0.717) is 6.61 Å². The van der Waals surface area contributed by atoms with Crippen molar-refractivity contribution >= 4 is 21.6 Å². The Morgan fingerprint density at radius 1 is 1.17 bits per heavy atom. The molecule has 30 heavy (non-hydrogen) atoms. The maximum atomic E-state index is 8.87. The fourth-order valence-corrected chi connectivity index (χ4v) is 4.68. The molecule has 1 aliphatic heterocycles. The van der Waals surface area contributed by atoms with E-state index in [1.807, 2.05) is 36.4 Å². The second-order valence-corrected chi connectivity index (χ2v) is 8.64. The molecule has 0 saturated carbocycles. The summed E-state index contributed by atoms with van der Waals surface area (Å²) < 4.78 is 13.7. The van der Waals surface area contributed by atoms with Gasteiger partial charge in [0.05, 0.1) is 22.9 Å². The van der Waals surface area contributed by atoms with Crippen LogP contribution in [0.2, 0.25) is 0 Å². The van der Waals surface area contributed by atoms with Gasteiger partial charge in [-0.15, -0.1) is 11.3 Å². The summed E-state index contributed by atoms with van der Waals surface area (Å²) in [6.07, 6.45) is 5.55. The number of thiazole rings is 1. The Labute approximate surface area is 181 Å². The van der Waals surface area contributed by atoms with Gasteiger partial charge in [0.2, 0.25) is 0 Å². The molecular formula is C24H28N2O3S. The smallest absolute Gasteiger partial charge is 0.135 e. The second-order valence-electron chi connectivity index (χ2n) is 7.58. The molecule has 3 aromatic rings. The Morgan fingerprint density at radius 2 is 2.00 bits per heavy atom. The maximum absolute atomic E-state index is 8.87. The molecule has 4 rings (SSSR count). The zero-order valence-corrected chi connectivity index (χ0v) is 18.1. The Kier molecular flexibility index (Phi) is 7.12. The van der Waals surface area contributed by atoms with Crippen LogP contribution in [0.3, 0.4) is 0 Å². The lowest BCUT2D eigenvalue weighted by Gasteiger charge is -2.31. The predicted octanol–water partition coefficient (Wildman–Crippen LogP) is 4.42. The normalized spacial score (nSPS) is 17.0. The zero-order chi connectivity index (χ0) is 20.8. The van der Waals surface area contributed by atoms with Gasteiger partial charge in [0.1, 0.15) is 23.5 Å². The van der Waals surface area contributed by atoms with Crippen LogP contribution in [-0.2, 0) is 4.74 Å². The summed E-state index contributed by atoms with van der Waals surface area (Å²) in [6.45, 7) is 2.55. The van der Waals surface area contributed by atoms with Gasteiger partial charge in [-0.2, -0.15) is 0 Å². The summed E-state index contributed by atoms with van der Waals surface area (Å²) in [5, 5.41) is 9.85. The molecule has 5 nitrogen and oxygen atoms in total. The fraction of sp³-hybridized carbons (Fsp3) is 0.375. The van der Waals surface area contributed by atoms with E-state index in [0.717, 1.165) is 47.8 Å². The first-order valence-electron chi connectivity index (χ1n) is 10.4. The Balaban J connectivity index is 1.60. The minimum absolute atomic E-state index is 0.0213. The average Bonchev–Trinajstić information content (AvgIpc) is 3.20. The molecule has 0 bridgehead atoms. The Bertz CT molecular complexity index is 946. The summed E-state index contributed by atoms with van der Waals surface area (Å²) in [7, 11) is 2.16. The van der Waals surface area contributed by atoms with Gasteiger partial charge >= 0.3 is 0 Å². The molecule has 2 heterocycles. The number of para-hydroxylation sites is 1. The highest BCUT2D eigenvalue weighted by atomic mass is 32.1. The van der Waals surface area contributed by atoms with Crippen LogP contribution < -0.4 is 4.74 Å². The first-order chi connectivity index (χ1) is 14.7. The number of ether oxygens (including phenoxy) is 2. The lowest BCUT2D eigenvalue weighted by atomic mass is 10.1. The van der Waals surface area contributed by atoms with E-state index in [1.165, 1.54) is 4.70 Å². The van der Waals surface area contributed by atoms with Crippen molar-refractivity contribution in [3.63, 3.8) is 0 Å². The number of benzene rings is 2. The van der Waals surface area contributed by atoms with Gasteiger partial charge in [-0.05, 0) is 55.8 Å². The van der Waals surface area contributed by atoms with Crippen LogP contribution in [0.1, 0.15) is 29.5 Å². The summed E-state index contributed by atoms with van der Waals surface area (Å²) in [6, 6.07) is 16.3. The number of hydrogen-bond acceptors (Lipinski definition) is 6. The van der Waals surface area contributed by atoms with Crippen LogP contribution in [0.4, 0.5) is 0 Å². The summed E-state index contributed by atoms with van der Waals surface area (Å²) >= 11 is 1.69. The maximum Gasteiger partial charge on any atom is 0.135 e. The van der Waals surface area contributed by atoms with Crippen molar-refractivity contribution in [2.45, 2.75) is 25.0 Å². The van der Waals surface area contributed by atoms with Gasteiger partial charge in [0.25, 0.3) is 0 Å². The molecule has 1 atom stereocenters. The molecular weight excluding hydrogens is 396 g/mol. The van der Waals surface area contributed by atoms with Crippen LogP contribution in [0.25, 0.3) is 10.2 Å². The average molecular weight is 425 g/mol. The van der Waals surface area contributed by atoms with Gasteiger partial charge in [0, 0.05) is 13.1 Å². The number of fused-ring (bicyclic) bond motifs is 1. The topological polar surface area (TPSA) is 54.8 Å². The van der Waals surface area contributed by atoms with E-state index >= 15 is 0 Å². The van der Waals surface area contributed by atoms with Crippen LogP contribution in [-0.4, -0.2) is 54.4 Å². The molecule has 0 amide bonds. The highest BCUT2D eigenvalue weighted by molar-refractivity contribution is 7.18. The summed E-state index contributed by atoms with van der Waals surface area (Å²) in [5.74, 6) is 0.785. The van der Waals surface area contributed by atoms with E-state index in [9.17, 15) is 0 Å². The number of aromatic nitrogens is 1. The molecule has 0 spiro atoms. The molecule has 1 aliphatic rings. The quantitative estimate of drug-likeness (QED) is 0.543. The minimum atomic E-state index is -0.215. The van der Waals surface area contributed by atoms with Gasteiger partial charge in [-0.3, -0.25) is 0 Å². The number of rotatable bonds is 8. The van der Waals surface area contributed by atoms with E-state index in [-0.39, 0.29) is 18.8 Å². The molecule has 2 aromatic carbocycles. The van der Waals surface area contributed by atoms with Crippen molar-refractivity contribution in [1.29, 1.82) is 0 Å². The lowest BCUT2D eigenvalue weighted by Crippen LogP contribution is -2.35. The zero-order valence-electron chi connectivity index (χ0n) is 17.2. The van der Waals surface area contributed by atoms with Crippen molar-refractivity contribution in [3.05, 3.63) is 71.3 Å². The van der Waals surface area contributed by atoms with Crippen molar-refractivity contribution in [1.82, 2.24) is 9.88 Å². The first-order valence-corrected chi connectivity index (χ1v) is 11.2. The van der Waals surface area contributed by atoms with Crippen LogP contribution in [0, 0.1) is 0 Å². The monoisotopic (exact) mass is 424 g/mol. The van der Waals surface area contributed by atoms with Crippen molar-refractivity contribution < 1.29 is 14.6 Å². The van der Waals surface area contributed by atoms with Crippen LogP contribution in [0.5, 0.6) is 5.75 Å². The highest BCUT2D eigenvalue weighted by Gasteiger charge is 2.26. The molecule has 1 N–H and O–H groups in total. The third-order valence-corrected chi connectivity index (χ3v) is 6.39. The molecule has 1 aromatic heterocycles. The number of likely N-dealkylation sites (tertiary alicyclic amines) is 1. The highest BCUT2D eigenvalue weighted by Crippen LogP contribution is 2.36. The number of piperidine rings is 1. The van der Waals surface area contributed by atoms with E-state index in [2.05, 4.69) is 30.1 Å². The van der Waals surface area contributed by atoms with Crippen LogP contribution in [0.15, 0.2) is 60.7 Å². The third-order valence-electron chi connectivity index (χ3n) is 5.31. The van der Waals surface area contributed by atoms with E-state index < -0.39 is 0 Å². The molecule has 1 saturated heterocycles. The van der Waals surface area contributed by atoms with Crippen molar-refractivity contribution in [2.75, 3.05) is 33.4 Å². The number of aliphatic hydroxyl groups excluding tert-OH is 1. The second kappa shape index (κ2) is 10.2. The minimum Gasteiger partial charge on any atom is -0.490 e. The van der Waals surface area contributed by atoms with Gasteiger partial charge in [-0.1, -0.05) is 30.3 Å². The molecule has 1 unspecified atom stereocenters. The molecule has 0 radical (unpaired) electrons. The first kappa shape index (κ1) is 21.0. The fourth-order valence-electron chi connectivity index (χ4n) is 3.65. The number of nitrogens with zero attached hydrogens (tertiary/aromatic N) is 2. The van der Waals surface area contributed by atoms with Crippen molar-refractivity contribution in [3.8, 4) is 5.75 Å². The van der Waals surface area contributed by atoms with Gasteiger partial charge in [0.15, 0.2) is 0 Å². The summed E-state index contributed by atoms with van der Waals surface area (Å²) in [4.78, 5) is 7.24. The molecule has 1 fully saturated rings.